The summed E-state index contributed by atoms with van der Waals surface area (Å²) in [4.78, 5) is 25.8. The Bertz CT molecular complexity index is 850. The standard InChI is InChI=1S/C28H38O5/c1-5-6-7-8-9-10-11-15-18-33-28-24(31-3)19-23(20-25(28)32-4)27(30)21(2)26(29)22-16-13-12-14-17-22/h12-14,16-17,19-21H,5-11,15,18H2,1-4H3. The summed E-state index contributed by atoms with van der Waals surface area (Å²) >= 11 is 0. The molecule has 0 radical (unpaired) electrons. The number of ether oxygens (including phenoxy) is 3. The van der Waals surface area contributed by atoms with E-state index in [9.17, 15) is 9.59 Å². The number of ketones is 2. The highest BCUT2D eigenvalue weighted by atomic mass is 16.5. The van der Waals surface area contributed by atoms with Crippen LogP contribution in [0.2, 0.25) is 0 Å². The topological polar surface area (TPSA) is 61.8 Å². The second-order valence-corrected chi connectivity index (χ2v) is 8.35. The maximum atomic E-state index is 13.1. The fourth-order valence-corrected chi connectivity index (χ4v) is 3.80. The number of hydrogen-bond donors (Lipinski definition) is 0. The van der Waals surface area contributed by atoms with Crippen LogP contribution in [-0.2, 0) is 0 Å². The number of methoxy groups -OCH3 is 2. The molecule has 0 bridgehead atoms. The van der Waals surface area contributed by atoms with Gasteiger partial charge in [-0.05, 0) is 25.5 Å². The molecule has 0 saturated heterocycles. The van der Waals surface area contributed by atoms with Crippen LogP contribution >= 0.6 is 0 Å². The number of unbranched alkanes of at least 4 members (excludes halogenated alkanes) is 7. The molecule has 2 rings (SSSR count). The quantitative estimate of drug-likeness (QED) is 0.156. The molecule has 0 N–H and O–H groups in total. The number of carbonyl (C=O) groups is 2. The Labute approximate surface area is 198 Å². The van der Waals surface area contributed by atoms with E-state index in [4.69, 9.17) is 14.2 Å². The lowest BCUT2D eigenvalue weighted by Crippen LogP contribution is -2.21. The lowest BCUT2D eigenvalue weighted by atomic mass is 9.91. The smallest absolute Gasteiger partial charge is 0.203 e. The second kappa shape index (κ2) is 14.4. The van der Waals surface area contributed by atoms with Gasteiger partial charge in [0.1, 0.15) is 0 Å². The van der Waals surface area contributed by atoms with Crippen molar-refractivity contribution in [3.05, 3.63) is 53.6 Å². The number of Topliss-reactive ketones (excluding diaryl/α,β-unsaturated/α-hetero) is 2. The molecular weight excluding hydrogens is 416 g/mol. The van der Waals surface area contributed by atoms with Crippen LogP contribution in [0, 0.1) is 5.92 Å². The van der Waals surface area contributed by atoms with E-state index in [2.05, 4.69) is 6.92 Å². The van der Waals surface area contributed by atoms with Crippen molar-refractivity contribution in [2.24, 2.45) is 5.92 Å². The van der Waals surface area contributed by atoms with E-state index in [1.807, 2.05) is 6.07 Å². The molecular formula is C28H38O5. The predicted molar refractivity (Wildman–Crippen MR) is 132 cm³/mol. The van der Waals surface area contributed by atoms with Crippen molar-refractivity contribution in [2.75, 3.05) is 20.8 Å². The van der Waals surface area contributed by atoms with Crippen LogP contribution in [-0.4, -0.2) is 32.4 Å². The molecule has 33 heavy (non-hydrogen) atoms. The molecule has 2 aromatic carbocycles. The van der Waals surface area contributed by atoms with Gasteiger partial charge in [-0.2, -0.15) is 0 Å². The van der Waals surface area contributed by atoms with E-state index < -0.39 is 5.92 Å². The van der Waals surface area contributed by atoms with Crippen molar-refractivity contribution in [3.63, 3.8) is 0 Å². The maximum Gasteiger partial charge on any atom is 0.203 e. The van der Waals surface area contributed by atoms with Crippen LogP contribution < -0.4 is 14.2 Å². The number of benzene rings is 2. The first-order chi connectivity index (χ1) is 16.0. The van der Waals surface area contributed by atoms with Gasteiger partial charge >= 0.3 is 0 Å². The van der Waals surface area contributed by atoms with E-state index in [0.717, 1.165) is 12.8 Å². The van der Waals surface area contributed by atoms with Gasteiger partial charge in [0, 0.05) is 11.1 Å². The minimum Gasteiger partial charge on any atom is -0.493 e. The molecule has 0 amide bonds. The minimum atomic E-state index is -0.814. The average Bonchev–Trinajstić information content (AvgIpc) is 2.86. The molecule has 2 aromatic rings. The zero-order valence-corrected chi connectivity index (χ0v) is 20.5. The van der Waals surface area contributed by atoms with E-state index in [0.29, 0.717) is 35.0 Å². The summed E-state index contributed by atoms with van der Waals surface area (Å²) in [5.41, 5.74) is 0.877. The Morgan fingerprint density at radius 3 is 1.82 bits per heavy atom. The molecule has 0 aromatic heterocycles. The van der Waals surface area contributed by atoms with Gasteiger partial charge in [-0.3, -0.25) is 9.59 Å². The van der Waals surface area contributed by atoms with Crippen LogP contribution in [0.25, 0.3) is 0 Å². The normalized spacial score (nSPS) is 11.6. The fourth-order valence-electron chi connectivity index (χ4n) is 3.80. The highest BCUT2D eigenvalue weighted by Crippen LogP contribution is 2.39. The van der Waals surface area contributed by atoms with Gasteiger partial charge in [0.15, 0.2) is 23.1 Å². The third-order valence-corrected chi connectivity index (χ3v) is 5.83. The highest BCUT2D eigenvalue weighted by molar-refractivity contribution is 6.16. The molecule has 1 unspecified atom stereocenters. The van der Waals surface area contributed by atoms with Crippen LogP contribution in [0.5, 0.6) is 17.2 Å². The Kier molecular flexibility index (Phi) is 11.5. The van der Waals surface area contributed by atoms with Crippen molar-refractivity contribution < 1.29 is 23.8 Å². The summed E-state index contributed by atoms with van der Waals surface area (Å²) in [6, 6.07) is 12.1. The van der Waals surface area contributed by atoms with E-state index in [1.54, 1.807) is 43.3 Å². The number of hydrogen-bond acceptors (Lipinski definition) is 5. The highest BCUT2D eigenvalue weighted by Gasteiger charge is 2.26. The minimum absolute atomic E-state index is 0.214. The van der Waals surface area contributed by atoms with Crippen LogP contribution in [0.1, 0.15) is 85.9 Å². The second-order valence-electron chi connectivity index (χ2n) is 8.35. The largest absolute Gasteiger partial charge is 0.493 e. The predicted octanol–water partition coefficient (Wildman–Crippen LogP) is 6.93. The third-order valence-electron chi connectivity index (χ3n) is 5.83. The summed E-state index contributed by atoms with van der Waals surface area (Å²) in [6.45, 7) is 4.41. The fraction of sp³-hybridized carbons (Fsp3) is 0.500. The lowest BCUT2D eigenvalue weighted by Gasteiger charge is -2.17. The molecule has 0 aliphatic rings. The molecule has 0 spiro atoms. The lowest BCUT2D eigenvalue weighted by molar-refractivity contribution is 0.0820. The molecule has 0 aliphatic carbocycles. The van der Waals surface area contributed by atoms with Gasteiger partial charge in [-0.1, -0.05) is 82.2 Å². The van der Waals surface area contributed by atoms with Crippen LogP contribution in [0.15, 0.2) is 42.5 Å². The van der Waals surface area contributed by atoms with Gasteiger partial charge in [0.25, 0.3) is 0 Å². The van der Waals surface area contributed by atoms with E-state index >= 15 is 0 Å². The number of rotatable bonds is 16. The molecule has 0 fully saturated rings. The van der Waals surface area contributed by atoms with E-state index in [-0.39, 0.29) is 11.6 Å². The summed E-state index contributed by atoms with van der Waals surface area (Å²) in [6.07, 6.45) is 9.75. The van der Waals surface area contributed by atoms with Crippen molar-refractivity contribution in [3.8, 4) is 17.2 Å². The molecule has 5 nitrogen and oxygen atoms in total. The van der Waals surface area contributed by atoms with Crippen molar-refractivity contribution >= 4 is 11.6 Å². The molecule has 0 saturated carbocycles. The van der Waals surface area contributed by atoms with Crippen molar-refractivity contribution in [1.82, 2.24) is 0 Å². The van der Waals surface area contributed by atoms with Crippen molar-refractivity contribution in [2.45, 2.75) is 65.2 Å². The molecule has 0 heterocycles. The zero-order chi connectivity index (χ0) is 24.1. The Balaban J connectivity index is 2.00. The van der Waals surface area contributed by atoms with Gasteiger partial charge in [-0.25, -0.2) is 0 Å². The maximum absolute atomic E-state index is 13.1. The number of carbonyl (C=O) groups excluding carboxylic acids is 2. The van der Waals surface area contributed by atoms with Crippen LogP contribution in [0.3, 0.4) is 0 Å². The summed E-state index contributed by atoms with van der Waals surface area (Å²) in [7, 11) is 3.06. The van der Waals surface area contributed by atoms with Crippen LogP contribution in [0.4, 0.5) is 0 Å². The van der Waals surface area contributed by atoms with Gasteiger partial charge < -0.3 is 14.2 Å². The van der Waals surface area contributed by atoms with Gasteiger partial charge in [0.05, 0.1) is 26.7 Å². The summed E-state index contributed by atoms with van der Waals surface area (Å²) < 4.78 is 17.0. The molecule has 5 heteroatoms. The Morgan fingerprint density at radius 1 is 0.758 bits per heavy atom. The zero-order valence-electron chi connectivity index (χ0n) is 20.5. The summed E-state index contributed by atoms with van der Waals surface area (Å²) in [5.74, 6) is 0.0318. The third kappa shape index (κ3) is 7.92. The monoisotopic (exact) mass is 454 g/mol. The first-order valence-electron chi connectivity index (χ1n) is 12.1. The SMILES string of the molecule is CCCCCCCCCCOc1c(OC)cc(C(=O)C(C)C(=O)c2ccccc2)cc1OC. The Morgan fingerprint density at radius 2 is 1.27 bits per heavy atom. The Hall–Kier alpha value is -2.82. The van der Waals surface area contributed by atoms with Gasteiger partial charge in [-0.15, -0.1) is 0 Å². The molecule has 180 valence electrons. The van der Waals surface area contributed by atoms with Gasteiger partial charge in [0.2, 0.25) is 5.75 Å². The summed E-state index contributed by atoms with van der Waals surface area (Å²) in [5, 5.41) is 0. The van der Waals surface area contributed by atoms with Crippen molar-refractivity contribution in [1.29, 1.82) is 0 Å². The van der Waals surface area contributed by atoms with E-state index in [1.165, 1.54) is 52.7 Å². The average molecular weight is 455 g/mol. The first-order valence-corrected chi connectivity index (χ1v) is 12.1. The molecule has 1 atom stereocenters. The first kappa shape index (κ1) is 26.4. The molecule has 0 aliphatic heterocycles.